The molecular formula is C26H31Rh+. The third kappa shape index (κ3) is 5.23. The fraction of sp³-hybridized carbons (Fsp3) is 0.346. The van der Waals surface area contributed by atoms with Gasteiger partial charge in [-0.15, -0.1) is 0 Å². The van der Waals surface area contributed by atoms with Gasteiger partial charge in [-0.3, -0.25) is 0 Å². The van der Waals surface area contributed by atoms with Crippen LogP contribution >= 0.6 is 0 Å². The maximum atomic E-state index is 2.28. The van der Waals surface area contributed by atoms with Crippen LogP contribution in [0.5, 0.6) is 0 Å². The van der Waals surface area contributed by atoms with Crippen LogP contribution in [0, 0.1) is 34.6 Å². The zero-order valence-electron chi connectivity index (χ0n) is 17.3. The van der Waals surface area contributed by atoms with Crippen molar-refractivity contribution in [3.63, 3.8) is 0 Å². The van der Waals surface area contributed by atoms with Crippen LogP contribution < -0.4 is 0 Å². The average molecular weight is 446 g/mol. The molecule has 0 fully saturated rings. The van der Waals surface area contributed by atoms with Crippen LogP contribution in [-0.2, 0) is 45.2 Å². The summed E-state index contributed by atoms with van der Waals surface area (Å²) < 4.78 is 0. The molecule has 143 valence electrons. The summed E-state index contributed by atoms with van der Waals surface area (Å²) in [6.45, 7) is 11.0. The monoisotopic (exact) mass is 446 g/mol. The van der Waals surface area contributed by atoms with Crippen molar-refractivity contribution < 1.29 is 19.5 Å². The summed E-state index contributed by atoms with van der Waals surface area (Å²) in [5.41, 5.74) is 13.1. The van der Waals surface area contributed by atoms with Crippen molar-refractivity contribution in [3.8, 4) is 0 Å². The smallest absolute Gasteiger partial charge is 0.196 e. The number of hydrogen-bond acceptors (Lipinski definition) is 0. The molecule has 0 unspecified atom stereocenters. The first kappa shape index (κ1) is 21.7. The minimum atomic E-state index is 0. The first-order valence-corrected chi connectivity index (χ1v) is 9.81. The molecule has 0 N–H and O–H groups in total. The average Bonchev–Trinajstić information content (AvgIpc) is 2.83. The summed E-state index contributed by atoms with van der Waals surface area (Å²) in [5.74, 6) is 0. The molecule has 27 heavy (non-hydrogen) atoms. The molecule has 0 aliphatic heterocycles. The SMILES string of the molecule is Cc1c(C)c(C)[c-](C)c1C.[Rh+2].c1cc2ccc1CCc1ccc(cc1)CC2. The molecule has 0 amide bonds. The van der Waals surface area contributed by atoms with E-state index in [0.717, 1.165) is 25.7 Å². The molecule has 0 nitrogen and oxygen atoms in total. The van der Waals surface area contributed by atoms with Gasteiger partial charge in [0.05, 0.1) is 0 Å². The largest absolute Gasteiger partial charge is 2.00 e. The van der Waals surface area contributed by atoms with Crippen LogP contribution in [0.15, 0.2) is 48.5 Å². The van der Waals surface area contributed by atoms with Gasteiger partial charge in [0.15, 0.2) is 0 Å². The van der Waals surface area contributed by atoms with E-state index in [1.54, 1.807) is 0 Å². The molecule has 7 rings (SSSR count). The van der Waals surface area contributed by atoms with Gasteiger partial charge in [-0.25, -0.2) is 0 Å². The van der Waals surface area contributed by atoms with E-state index in [4.69, 9.17) is 0 Å². The third-order valence-corrected chi connectivity index (χ3v) is 6.26. The quantitative estimate of drug-likeness (QED) is 0.273. The Hall–Kier alpha value is -1.59. The van der Waals surface area contributed by atoms with Crippen molar-refractivity contribution in [1.29, 1.82) is 0 Å². The van der Waals surface area contributed by atoms with Gasteiger partial charge >= 0.3 is 19.5 Å². The fourth-order valence-corrected chi connectivity index (χ4v) is 3.73. The van der Waals surface area contributed by atoms with E-state index in [1.807, 2.05) is 0 Å². The number of rotatable bonds is 0. The van der Waals surface area contributed by atoms with E-state index in [1.165, 1.54) is 50.1 Å². The van der Waals surface area contributed by atoms with Crippen LogP contribution in [0.4, 0.5) is 0 Å². The summed E-state index contributed by atoms with van der Waals surface area (Å²) >= 11 is 0. The van der Waals surface area contributed by atoms with E-state index in [-0.39, 0.29) is 19.5 Å². The van der Waals surface area contributed by atoms with Crippen LogP contribution in [0.25, 0.3) is 0 Å². The van der Waals surface area contributed by atoms with E-state index >= 15 is 0 Å². The van der Waals surface area contributed by atoms with Crippen LogP contribution in [-0.4, -0.2) is 0 Å². The molecule has 1 heteroatoms. The van der Waals surface area contributed by atoms with Gasteiger partial charge in [0.2, 0.25) is 0 Å². The van der Waals surface area contributed by atoms with Crippen molar-refractivity contribution in [2.24, 2.45) is 0 Å². The van der Waals surface area contributed by atoms with Crippen molar-refractivity contribution in [3.05, 3.63) is 98.6 Å². The zero-order chi connectivity index (χ0) is 18.7. The van der Waals surface area contributed by atoms with Crippen molar-refractivity contribution in [2.45, 2.75) is 60.3 Å². The summed E-state index contributed by atoms with van der Waals surface area (Å²) in [4.78, 5) is 0. The topological polar surface area (TPSA) is 0 Å². The molecule has 4 bridgehead atoms. The van der Waals surface area contributed by atoms with Crippen molar-refractivity contribution in [2.75, 3.05) is 0 Å². The molecule has 0 atom stereocenters. The predicted molar refractivity (Wildman–Crippen MR) is 113 cm³/mol. The number of benzene rings is 2. The first-order chi connectivity index (χ1) is 12.5. The van der Waals surface area contributed by atoms with Crippen molar-refractivity contribution >= 4 is 0 Å². The molecule has 0 saturated carbocycles. The van der Waals surface area contributed by atoms with Gasteiger partial charge in [0.25, 0.3) is 0 Å². The molecule has 4 aliphatic rings. The van der Waals surface area contributed by atoms with Crippen LogP contribution in [0.3, 0.4) is 0 Å². The Labute approximate surface area is 178 Å². The maximum Gasteiger partial charge on any atom is 2.00 e. The normalized spacial score (nSPS) is 12.5. The Kier molecular flexibility index (Phi) is 7.69. The van der Waals surface area contributed by atoms with E-state index in [9.17, 15) is 0 Å². The summed E-state index contributed by atoms with van der Waals surface area (Å²) in [7, 11) is 0. The summed E-state index contributed by atoms with van der Waals surface area (Å²) in [6.07, 6.45) is 4.61. The Morgan fingerprint density at radius 3 is 0.889 bits per heavy atom. The van der Waals surface area contributed by atoms with Gasteiger partial charge in [-0.1, -0.05) is 83.1 Å². The molecule has 3 aromatic carbocycles. The predicted octanol–water partition coefficient (Wildman–Crippen LogP) is 6.52. The second kappa shape index (κ2) is 9.56. The zero-order valence-corrected chi connectivity index (χ0v) is 18.9. The standard InChI is InChI=1S/C16H16.C10H15.Rh/c1-2-14-4-3-13(1)9-10-15-5-7-16(8-6-15)12-11-14;1-6-7(2)9(4)10(5)8(6)3;/h1-8H,9-12H2;1-5H3;/q;-1;+2. The molecule has 0 aromatic heterocycles. The fourth-order valence-electron chi connectivity index (χ4n) is 3.73. The minimum absolute atomic E-state index is 0. The molecule has 0 heterocycles. The minimum Gasteiger partial charge on any atom is -0.196 e. The Morgan fingerprint density at radius 2 is 0.741 bits per heavy atom. The molecule has 0 saturated heterocycles. The molecule has 4 aliphatic carbocycles. The van der Waals surface area contributed by atoms with Crippen molar-refractivity contribution in [1.82, 2.24) is 0 Å². The number of hydrogen-bond donors (Lipinski definition) is 0. The molecule has 3 aromatic rings. The third-order valence-electron chi connectivity index (χ3n) is 6.26. The molecule has 1 radical (unpaired) electrons. The van der Waals surface area contributed by atoms with E-state index in [0.29, 0.717) is 0 Å². The van der Waals surface area contributed by atoms with Gasteiger partial charge in [-0.05, 0) is 47.9 Å². The summed E-state index contributed by atoms with van der Waals surface area (Å²) in [5, 5.41) is 0. The Balaban J connectivity index is 0.000000208. The van der Waals surface area contributed by atoms with Crippen LogP contribution in [0.1, 0.15) is 50.1 Å². The second-order valence-corrected chi connectivity index (χ2v) is 7.76. The van der Waals surface area contributed by atoms with E-state index in [2.05, 4.69) is 83.1 Å². The second-order valence-electron chi connectivity index (χ2n) is 7.76. The summed E-state index contributed by atoms with van der Waals surface area (Å²) in [6, 6.07) is 18.2. The Morgan fingerprint density at radius 1 is 0.519 bits per heavy atom. The first-order valence-electron chi connectivity index (χ1n) is 9.81. The number of aryl methyl sites for hydroxylation is 4. The molecule has 0 spiro atoms. The molecular weight excluding hydrogens is 415 g/mol. The Bertz CT molecular complexity index is 690. The van der Waals surface area contributed by atoms with Gasteiger partial charge in [0, 0.05) is 0 Å². The van der Waals surface area contributed by atoms with E-state index < -0.39 is 0 Å². The van der Waals surface area contributed by atoms with Crippen LogP contribution in [0.2, 0.25) is 0 Å². The van der Waals surface area contributed by atoms with Gasteiger partial charge in [-0.2, -0.15) is 27.8 Å². The van der Waals surface area contributed by atoms with Gasteiger partial charge < -0.3 is 0 Å². The maximum absolute atomic E-state index is 2.28. The van der Waals surface area contributed by atoms with Gasteiger partial charge in [0.1, 0.15) is 0 Å².